The number of hydrogen-bond acceptors (Lipinski definition) is 5. The lowest BCUT2D eigenvalue weighted by Crippen LogP contribution is -2.28. The van der Waals surface area contributed by atoms with Crippen LogP contribution in [-0.2, 0) is 19.1 Å². The Labute approximate surface area is 251 Å². The molecule has 0 saturated heterocycles. The molecule has 0 fully saturated rings. The minimum Gasteiger partial charge on any atom is -0.462 e. The first kappa shape index (κ1) is 38.6. The molecule has 0 aliphatic carbocycles. The van der Waals surface area contributed by atoms with E-state index in [-0.39, 0.29) is 25.2 Å². The van der Waals surface area contributed by atoms with E-state index in [0.29, 0.717) is 12.8 Å². The molecule has 5 heteroatoms. The van der Waals surface area contributed by atoms with E-state index in [4.69, 9.17) is 9.47 Å². The maximum atomic E-state index is 12.1. The second-order valence-corrected chi connectivity index (χ2v) is 10.5. The minimum absolute atomic E-state index is 0.0897. The molecular formula is C36H60O5. The summed E-state index contributed by atoms with van der Waals surface area (Å²) in [4.78, 5) is 24.1. The van der Waals surface area contributed by atoms with Crippen molar-refractivity contribution in [3.05, 3.63) is 60.8 Å². The quantitative estimate of drug-likeness (QED) is 0.0574. The van der Waals surface area contributed by atoms with Gasteiger partial charge < -0.3 is 14.6 Å². The summed E-state index contributed by atoms with van der Waals surface area (Å²) >= 11 is 0. The van der Waals surface area contributed by atoms with Gasteiger partial charge in [-0.3, -0.25) is 9.59 Å². The van der Waals surface area contributed by atoms with Crippen molar-refractivity contribution in [2.24, 2.45) is 0 Å². The molecule has 5 nitrogen and oxygen atoms in total. The molecule has 41 heavy (non-hydrogen) atoms. The van der Waals surface area contributed by atoms with E-state index in [1.807, 2.05) is 0 Å². The van der Waals surface area contributed by atoms with Crippen LogP contribution in [0.4, 0.5) is 0 Å². The number of rotatable bonds is 28. The van der Waals surface area contributed by atoms with Gasteiger partial charge in [0.05, 0.1) is 6.61 Å². The number of hydrogen-bond donors (Lipinski definition) is 1. The Hall–Kier alpha value is -2.40. The molecule has 0 aliphatic rings. The number of aliphatic hydroxyl groups excluding tert-OH is 1. The summed E-state index contributed by atoms with van der Waals surface area (Å²) in [6.07, 6.45) is 39.9. The van der Waals surface area contributed by atoms with Crippen molar-refractivity contribution in [2.75, 3.05) is 13.2 Å². The maximum absolute atomic E-state index is 12.1. The van der Waals surface area contributed by atoms with E-state index in [1.54, 1.807) is 0 Å². The SMILES string of the molecule is CC/C=C\C/C=C\C/C=C\C/C=C\CCCCC(=O)OC(CO)COC(=O)CCCCCCC/C=C\CCCCC. The molecule has 0 aromatic heterocycles. The van der Waals surface area contributed by atoms with E-state index >= 15 is 0 Å². The monoisotopic (exact) mass is 572 g/mol. The van der Waals surface area contributed by atoms with Crippen molar-refractivity contribution in [3.8, 4) is 0 Å². The van der Waals surface area contributed by atoms with Gasteiger partial charge in [0, 0.05) is 12.8 Å². The molecule has 0 heterocycles. The smallest absolute Gasteiger partial charge is 0.306 e. The van der Waals surface area contributed by atoms with Crippen LogP contribution >= 0.6 is 0 Å². The van der Waals surface area contributed by atoms with Gasteiger partial charge in [0.15, 0.2) is 6.10 Å². The summed E-state index contributed by atoms with van der Waals surface area (Å²) < 4.78 is 10.5. The van der Waals surface area contributed by atoms with Gasteiger partial charge in [0.1, 0.15) is 6.61 Å². The van der Waals surface area contributed by atoms with Gasteiger partial charge in [-0.15, -0.1) is 0 Å². The number of allylic oxidation sites excluding steroid dienone is 10. The Kier molecular flexibility index (Phi) is 30.2. The maximum Gasteiger partial charge on any atom is 0.306 e. The zero-order valence-corrected chi connectivity index (χ0v) is 26.3. The Morgan fingerprint density at radius 1 is 0.585 bits per heavy atom. The lowest BCUT2D eigenvalue weighted by molar-refractivity contribution is -0.161. The van der Waals surface area contributed by atoms with Crippen molar-refractivity contribution < 1.29 is 24.2 Å². The standard InChI is InChI=1S/C36H60O5/c1-3-5-7-9-11-13-15-17-18-19-21-23-25-27-29-31-36(39)41-34(32-37)33-40-35(38)30-28-26-24-22-20-16-14-12-10-8-6-4-2/h5,7,11-14,17-18,21,23,34,37H,3-4,6,8-10,15-16,19-20,22,24-33H2,1-2H3/b7-5-,13-11-,14-12-,18-17-,23-21-. The second-order valence-electron chi connectivity index (χ2n) is 10.5. The molecule has 1 N–H and O–H groups in total. The minimum atomic E-state index is -0.796. The molecule has 1 atom stereocenters. The Bertz CT molecular complexity index is 747. The number of aliphatic hydroxyl groups is 1. The number of unbranched alkanes of at least 4 members (excludes halogenated alkanes) is 10. The third-order valence-corrected chi connectivity index (χ3v) is 6.55. The predicted octanol–water partition coefficient (Wildman–Crippen LogP) is 9.67. The fraction of sp³-hybridized carbons (Fsp3) is 0.667. The molecule has 0 bridgehead atoms. The van der Waals surface area contributed by atoms with Crippen LogP contribution in [0.5, 0.6) is 0 Å². The fourth-order valence-corrected chi connectivity index (χ4v) is 4.07. The van der Waals surface area contributed by atoms with Crippen LogP contribution in [0.3, 0.4) is 0 Å². The fourth-order valence-electron chi connectivity index (χ4n) is 4.07. The van der Waals surface area contributed by atoms with Crippen LogP contribution in [0.2, 0.25) is 0 Å². The molecule has 0 amide bonds. The van der Waals surface area contributed by atoms with Gasteiger partial charge in [-0.05, 0) is 77.0 Å². The van der Waals surface area contributed by atoms with Crippen LogP contribution in [0.1, 0.15) is 136 Å². The summed E-state index contributed by atoms with van der Waals surface area (Å²) in [5, 5.41) is 9.49. The van der Waals surface area contributed by atoms with Gasteiger partial charge in [0.2, 0.25) is 0 Å². The van der Waals surface area contributed by atoms with E-state index in [2.05, 4.69) is 74.6 Å². The molecule has 234 valence electrons. The lowest BCUT2D eigenvalue weighted by Gasteiger charge is -2.15. The first-order valence-electron chi connectivity index (χ1n) is 16.3. The summed E-state index contributed by atoms with van der Waals surface area (Å²) in [6.45, 7) is 3.92. The molecule has 0 spiro atoms. The van der Waals surface area contributed by atoms with Gasteiger partial charge in [0.25, 0.3) is 0 Å². The highest BCUT2D eigenvalue weighted by Gasteiger charge is 2.15. The molecule has 0 rings (SSSR count). The summed E-state index contributed by atoms with van der Waals surface area (Å²) in [5.41, 5.74) is 0. The molecule has 0 aliphatic heterocycles. The zero-order valence-electron chi connectivity index (χ0n) is 26.3. The third kappa shape index (κ3) is 30.4. The van der Waals surface area contributed by atoms with Crippen molar-refractivity contribution >= 4 is 11.9 Å². The highest BCUT2D eigenvalue weighted by Crippen LogP contribution is 2.10. The molecule has 1 unspecified atom stereocenters. The van der Waals surface area contributed by atoms with Crippen LogP contribution in [-0.4, -0.2) is 36.4 Å². The average molecular weight is 573 g/mol. The number of esters is 2. The molecule has 0 aromatic rings. The van der Waals surface area contributed by atoms with Crippen molar-refractivity contribution in [2.45, 2.75) is 142 Å². The Morgan fingerprint density at radius 2 is 1.05 bits per heavy atom. The van der Waals surface area contributed by atoms with Crippen LogP contribution < -0.4 is 0 Å². The van der Waals surface area contributed by atoms with E-state index < -0.39 is 6.10 Å². The van der Waals surface area contributed by atoms with E-state index in [9.17, 15) is 14.7 Å². The van der Waals surface area contributed by atoms with Gasteiger partial charge >= 0.3 is 11.9 Å². The van der Waals surface area contributed by atoms with E-state index in [0.717, 1.165) is 70.6 Å². The topological polar surface area (TPSA) is 72.8 Å². The summed E-state index contributed by atoms with van der Waals surface area (Å²) in [6, 6.07) is 0. The van der Waals surface area contributed by atoms with Gasteiger partial charge in [-0.2, -0.15) is 0 Å². The van der Waals surface area contributed by atoms with Crippen LogP contribution in [0.15, 0.2) is 60.8 Å². The lowest BCUT2D eigenvalue weighted by atomic mass is 10.1. The Balaban J connectivity index is 3.72. The van der Waals surface area contributed by atoms with Crippen molar-refractivity contribution in [1.82, 2.24) is 0 Å². The molecule has 0 saturated carbocycles. The van der Waals surface area contributed by atoms with Crippen LogP contribution in [0.25, 0.3) is 0 Å². The number of ether oxygens (including phenoxy) is 2. The normalized spacial score (nSPS) is 13.0. The molecule has 0 radical (unpaired) electrons. The number of carbonyl (C=O) groups is 2. The highest BCUT2D eigenvalue weighted by molar-refractivity contribution is 5.70. The molecule has 0 aromatic carbocycles. The van der Waals surface area contributed by atoms with Crippen molar-refractivity contribution in [1.29, 1.82) is 0 Å². The summed E-state index contributed by atoms with van der Waals surface area (Å²) in [7, 11) is 0. The molecular weight excluding hydrogens is 512 g/mol. The third-order valence-electron chi connectivity index (χ3n) is 6.55. The van der Waals surface area contributed by atoms with Gasteiger partial charge in [-0.1, -0.05) is 107 Å². The van der Waals surface area contributed by atoms with E-state index in [1.165, 1.54) is 38.5 Å². The van der Waals surface area contributed by atoms with Gasteiger partial charge in [-0.25, -0.2) is 0 Å². The average Bonchev–Trinajstić information content (AvgIpc) is 2.97. The first-order chi connectivity index (χ1) is 20.1. The number of carbonyl (C=O) groups excluding carboxylic acids is 2. The summed E-state index contributed by atoms with van der Waals surface area (Å²) in [5.74, 6) is -0.659. The second kappa shape index (κ2) is 32.1. The predicted molar refractivity (Wildman–Crippen MR) is 173 cm³/mol. The van der Waals surface area contributed by atoms with Crippen molar-refractivity contribution in [3.63, 3.8) is 0 Å². The first-order valence-corrected chi connectivity index (χ1v) is 16.3. The van der Waals surface area contributed by atoms with Crippen LogP contribution in [0, 0.1) is 0 Å². The highest BCUT2D eigenvalue weighted by atomic mass is 16.6. The zero-order chi connectivity index (χ0) is 30.1. The Morgan fingerprint density at radius 3 is 1.66 bits per heavy atom. The largest absolute Gasteiger partial charge is 0.462 e.